The maximum atomic E-state index is 12.6. The van der Waals surface area contributed by atoms with Gasteiger partial charge in [-0.1, -0.05) is 13.3 Å². The highest BCUT2D eigenvalue weighted by molar-refractivity contribution is 7.89. The summed E-state index contributed by atoms with van der Waals surface area (Å²) in [5, 5.41) is 0. The summed E-state index contributed by atoms with van der Waals surface area (Å²) in [6.07, 6.45) is 1.96. The molecule has 5 nitrogen and oxygen atoms in total. The zero-order chi connectivity index (χ0) is 14.8. The summed E-state index contributed by atoms with van der Waals surface area (Å²) in [5.41, 5.74) is 6.36. The predicted octanol–water partition coefficient (Wildman–Crippen LogP) is 1.57. The molecule has 1 aliphatic heterocycles. The van der Waals surface area contributed by atoms with Crippen LogP contribution in [0.1, 0.15) is 25.3 Å². The van der Waals surface area contributed by atoms with Gasteiger partial charge in [0.15, 0.2) is 0 Å². The minimum atomic E-state index is -3.42. The predicted molar refractivity (Wildman–Crippen MR) is 78.0 cm³/mol. The van der Waals surface area contributed by atoms with Gasteiger partial charge in [0.2, 0.25) is 10.0 Å². The molecular formula is C14H22N2O3S. The number of rotatable bonds is 5. The molecule has 1 unspecified atom stereocenters. The van der Waals surface area contributed by atoms with Gasteiger partial charge in [-0.05, 0) is 30.5 Å². The summed E-state index contributed by atoms with van der Waals surface area (Å²) in [7, 11) is -1.87. The Balaban J connectivity index is 2.30. The van der Waals surface area contributed by atoms with Crippen molar-refractivity contribution in [2.45, 2.75) is 31.2 Å². The molecule has 2 rings (SSSR count). The molecule has 0 spiro atoms. The van der Waals surface area contributed by atoms with Crippen molar-refractivity contribution >= 4 is 10.0 Å². The summed E-state index contributed by atoms with van der Waals surface area (Å²) in [6.45, 7) is 3.57. The van der Waals surface area contributed by atoms with E-state index in [0.29, 0.717) is 35.2 Å². The molecule has 1 heterocycles. The van der Waals surface area contributed by atoms with Crippen molar-refractivity contribution < 1.29 is 13.2 Å². The van der Waals surface area contributed by atoms with Crippen LogP contribution in [0.15, 0.2) is 23.1 Å². The third-order valence-electron chi connectivity index (χ3n) is 3.94. The van der Waals surface area contributed by atoms with Crippen LogP contribution in [-0.2, 0) is 16.6 Å². The van der Waals surface area contributed by atoms with Gasteiger partial charge in [0.05, 0.1) is 12.0 Å². The van der Waals surface area contributed by atoms with Crippen LogP contribution in [-0.4, -0.2) is 32.9 Å². The fourth-order valence-electron chi connectivity index (χ4n) is 2.57. The fraction of sp³-hybridized carbons (Fsp3) is 0.571. The van der Waals surface area contributed by atoms with E-state index in [1.807, 2.05) is 0 Å². The molecule has 1 aromatic rings. The molecule has 1 aromatic carbocycles. The second-order valence-corrected chi connectivity index (χ2v) is 7.04. The first-order chi connectivity index (χ1) is 9.52. The minimum absolute atomic E-state index is 0.254. The van der Waals surface area contributed by atoms with Gasteiger partial charge in [0.25, 0.3) is 0 Å². The Bertz CT molecular complexity index is 572. The summed E-state index contributed by atoms with van der Waals surface area (Å²) < 4.78 is 32.0. The van der Waals surface area contributed by atoms with Crippen molar-refractivity contribution in [2.75, 3.05) is 20.2 Å². The van der Waals surface area contributed by atoms with E-state index in [-0.39, 0.29) is 6.54 Å². The first-order valence-corrected chi connectivity index (χ1v) is 8.34. The van der Waals surface area contributed by atoms with Crippen LogP contribution in [0.3, 0.4) is 0 Å². The number of hydrogen-bond donors (Lipinski definition) is 1. The second-order valence-electron chi connectivity index (χ2n) is 5.10. The Morgan fingerprint density at radius 1 is 1.45 bits per heavy atom. The lowest BCUT2D eigenvalue weighted by atomic mass is 10.1. The molecule has 0 bridgehead atoms. The van der Waals surface area contributed by atoms with Gasteiger partial charge in [-0.15, -0.1) is 0 Å². The summed E-state index contributed by atoms with van der Waals surface area (Å²) in [4.78, 5) is 0.301. The number of benzene rings is 1. The standard InChI is InChI=1S/C14H22N2O3S/c1-3-11-6-7-16(10-11)20(17,18)13-4-5-14(19-2)12(8-13)9-15/h4-5,8,11H,3,6-7,9-10,15H2,1-2H3. The number of nitrogens with two attached hydrogens (primary N) is 1. The average Bonchev–Trinajstić information content (AvgIpc) is 2.96. The van der Waals surface area contributed by atoms with Gasteiger partial charge in [0, 0.05) is 25.2 Å². The van der Waals surface area contributed by atoms with Crippen LogP contribution < -0.4 is 10.5 Å². The number of methoxy groups -OCH3 is 1. The van der Waals surface area contributed by atoms with E-state index >= 15 is 0 Å². The highest BCUT2D eigenvalue weighted by Gasteiger charge is 2.31. The van der Waals surface area contributed by atoms with E-state index in [9.17, 15) is 8.42 Å². The topological polar surface area (TPSA) is 72.6 Å². The zero-order valence-corrected chi connectivity index (χ0v) is 12.8. The molecule has 1 atom stereocenters. The van der Waals surface area contributed by atoms with Gasteiger partial charge < -0.3 is 10.5 Å². The smallest absolute Gasteiger partial charge is 0.243 e. The Morgan fingerprint density at radius 3 is 2.75 bits per heavy atom. The highest BCUT2D eigenvalue weighted by atomic mass is 32.2. The molecule has 2 N–H and O–H groups in total. The van der Waals surface area contributed by atoms with Crippen molar-refractivity contribution in [2.24, 2.45) is 11.7 Å². The van der Waals surface area contributed by atoms with E-state index in [1.165, 1.54) is 0 Å². The van der Waals surface area contributed by atoms with E-state index in [2.05, 4.69) is 6.92 Å². The van der Waals surface area contributed by atoms with Gasteiger partial charge >= 0.3 is 0 Å². The largest absolute Gasteiger partial charge is 0.496 e. The first-order valence-electron chi connectivity index (χ1n) is 6.90. The molecule has 0 radical (unpaired) electrons. The number of hydrogen-bond acceptors (Lipinski definition) is 4. The first kappa shape index (κ1) is 15.3. The molecule has 6 heteroatoms. The van der Waals surface area contributed by atoms with Gasteiger partial charge in [-0.25, -0.2) is 8.42 Å². The normalized spacial score (nSPS) is 20.2. The van der Waals surface area contributed by atoms with Crippen molar-refractivity contribution in [3.8, 4) is 5.75 Å². The van der Waals surface area contributed by atoms with Crippen LogP contribution in [0, 0.1) is 5.92 Å². The Morgan fingerprint density at radius 2 is 2.20 bits per heavy atom. The van der Waals surface area contributed by atoms with Crippen molar-refractivity contribution in [1.29, 1.82) is 0 Å². The molecule has 112 valence electrons. The Hall–Kier alpha value is -1.11. The van der Waals surface area contributed by atoms with Crippen LogP contribution in [0.5, 0.6) is 5.75 Å². The van der Waals surface area contributed by atoms with Crippen molar-refractivity contribution in [3.63, 3.8) is 0 Å². The summed E-state index contributed by atoms with van der Waals surface area (Å²) in [5.74, 6) is 1.09. The minimum Gasteiger partial charge on any atom is -0.496 e. The fourth-order valence-corrected chi connectivity index (χ4v) is 4.15. The van der Waals surface area contributed by atoms with E-state index < -0.39 is 10.0 Å². The quantitative estimate of drug-likeness (QED) is 0.895. The Labute approximate surface area is 120 Å². The van der Waals surface area contributed by atoms with Crippen molar-refractivity contribution in [3.05, 3.63) is 23.8 Å². The lowest BCUT2D eigenvalue weighted by Gasteiger charge is -2.17. The SMILES string of the molecule is CCC1CCN(S(=O)(=O)c2ccc(OC)c(CN)c2)C1. The molecular weight excluding hydrogens is 276 g/mol. The second kappa shape index (κ2) is 6.11. The third-order valence-corrected chi connectivity index (χ3v) is 5.80. The van der Waals surface area contributed by atoms with Gasteiger partial charge in [-0.3, -0.25) is 0 Å². The molecule has 1 aliphatic rings. The van der Waals surface area contributed by atoms with E-state index in [1.54, 1.807) is 29.6 Å². The summed E-state index contributed by atoms with van der Waals surface area (Å²) in [6, 6.07) is 4.88. The molecule has 1 saturated heterocycles. The lowest BCUT2D eigenvalue weighted by molar-refractivity contribution is 0.409. The maximum absolute atomic E-state index is 12.6. The molecule has 0 aliphatic carbocycles. The maximum Gasteiger partial charge on any atom is 0.243 e. The molecule has 0 aromatic heterocycles. The van der Waals surface area contributed by atoms with Crippen molar-refractivity contribution in [1.82, 2.24) is 4.31 Å². The third kappa shape index (κ3) is 2.82. The van der Waals surface area contributed by atoms with Gasteiger partial charge in [0.1, 0.15) is 5.75 Å². The van der Waals surface area contributed by atoms with E-state index in [0.717, 1.165) is 12.8 Å². The molecule has 0 amide bonds. The molecule has 20 heavy (non-hydrogen) atoms. The highest BCUT2D eigenvalue weighted by Crippen LogP contribution is 2.28. The molecule has 0 saturated carbocycles. The molecule has 1 fully saturated rings. The van der Waals surface area contributed by atoms with Crippen LogP contribution in [0.4, 0.5) is 0 Å². The Kier molecular flexibility index (Phi) is 4.67. The monoisotopic (exact) mass is 298 g/mol. The zero-order valence-electron chi connectivity index (χ0n) is 12.0. The average molecular weight is 298 g/mol. The summed E-state index contributed by atoms with van der Waals surface area (Å²) >= 11 is 0. The number of ether oxygens (including phenoxy) is 1. The van der Waals surface area contributed by atoms with Crippen LogP contribution >= 0.6 is 0 Å². The van der Waals surface area contributed by atoms with Crippen LogP contribution in [0.25, 0.3) is 0 Å². The van der Waals surface area contributed by atoms with Crippen LogP contribution in [0.2, 0.25) is 0 Å². The number of sulfonamides is 1. The van der Waals surface area contributed by atoms with E-state index in [4.69, 9.17) is 10.5 Å². The number of nitrogens with zero attached hydrogens (tertiary/aromatic N) is 1. The van der Waals surface area contributed by atoms with Gasteiger partial charge in [-0.2, -0.15) is 4.31 Å². The lowest BCUT2D eigenvalue weighted by Crippen LogP contribution is -2.29.